The summed E-state index contributed by atoms with van der Waals surface area (Å²) in [5.74, 6) is 0.989. The fourth-order valence-electron chi connectivity index (χ4n) is 2.64. The molecule has 5 heteroatoms. The number of aromatic nitrogens is 2. The number of imidazole rings is 1. The molecule has 1 spiro atoms. The van der Waals surface area contributed by atoms with Gasteiger partial charge in [0.25, 0.3) is 0 Å². The highest BCUT2D eigenvalue weighted by Crippen LogP contribution is 2.36. The van der Waals surface area contributed by atoms with E-state index in [2.05, 4.69) is 14.9 Å². The summed E-state index contributed by atoms with van der Waals surface area (Å²) in [5.41, 5.74) is -0.0473. The van der Waals surface area contributed by atoms with Crippen molar-refractivity contribution in [2.45, 2.75) is 31.8 Å². The molecule has 1 saturated heterocycles. The lowest BCUT2D eigenvalue weighted by atomic mass is 9.86. The normalized spacial score (nSPS) is 22.4. The van der Waals surface area contributed by atoms with Crippen molar-refractivity contribution in [2.75, 3.05) is 18.0 Å². The molecule has 1 fully saturated rings. The van der Waals surface area contributed by atoms with Gasteiger partial charge < -0.3 is 9.88 Å². The van der Waals surface area contributed by atoms with Crippen LogP contribution < -0.4 is 10.2 Å². The summed E-state index contributed by atoms with van der Waals surface area (Å²) in [6.07, 6.45) is 4.35. The molecular weight excluding hydrogens is 204 g/mol. The Bertz CT molecular complexity index is 433. The van der Waals surface area contributed by atoms with E-state index in [0.29, 0.717) is 6.42 Å². The van der Waals surface area contributed by atoms with Crippen LogP contribution in [0, 0.1) is 0 Å². The Hall–Kier alpha value is -1.36. The van der Waals surface area contributed by atoms with Crippen LogP contribution in [0.1, 0.15) is 20.3 Å². The van der Waals surface area contributed by atoms with Crippen molar-refractivity contribution >= 4 is 11.9 Å². The molecule has 0 saturated carbocycles. The van der Waals surface area contributed by atoms with Crippen molar-refractivity contribution in [3.8, 4) is 0 Å². The molecule has 0 aromatic carbocycles. The van der Waals surface area contributed by atoms with Gasteiger partial charge in [0.05, 0.1) is 12.0 Å². The van der Waals surface area contributed by atoms with Gasteiger partial charge in [0.1, 0.15) is 0 Å². The van der Waals surface area contributed by atoms with Gasteiger partial charge in [-0.15, -0.1) is 0 Å². The van der Waals surface area contributed by atoms with Crippen LogP contribution >= 0.6 is 0 Å². The van der Waals surface area contributed by atoms with E-state index in [4.69, 9.17) is 0 Å². The predicted molar refractivity (Wildman–Crippen MR) is 60.3 cm³/mol. The molecule has 2 aliphatic rings. The molecule has 0 bridgehead atoms. The van der Waals surface area contributed by atoms with Crippen molar-refractivity contribution < 1.29 is 4.79 Å². The van der Waals surface area contributed by atoms with Gasteiger partial charge in [-0.25, -0.2) is 4.98 Å². The third kappa shape index (κ3) is 1.09. The number of carbonyl (C=O) groups is 1. The van der Waals surface area contributed by atoms with Crippen molar-refractivity contribution in [1.29, 1.82) is 0 Å². The van der Waals surface area contributed by atoms with Crippen LogP contribution in [0.2, 0.25) is 0 Å². The van der Waals surface area contributed by atoms with Crippen molar-refractivity contribution in [3.05, 3.63) is 12.4 Å². The van der Waals surface area contributed by atoms with Crippen molar-refractivity contribution in [1.82, 2.24) is 14.9 Å². The molecule has 5 nitrogen and oxygen atoms in total. The molecule has 1 amide bonds. The first kappa shape index (κ1) is 9.84. The van der Waals surface area contributed by atoms with E-state index in [9.17, 15) is 4.79 Å². The molecular formula is C11H16N4O. The first-order chi connectivity index (χ1) is 7.64. The number of carbonyl (C=O) groups excluding carboxylic acids is 1. The van der Waals surface area contributed by atoms with Crippen LogP contribution in [0.3, 0.4) is 0 Å². The molecule has 16 heavy (non-hydrogen) atoms. The van der Waals surface area contributed by atoms with Crippen LogP contribution in [0.15, 0.2) is 12.4 Å². The van der Waals surface area contributed by atoms with E-state index in [1.54, 1.807) is 11.1 Å². The van der Waals surface area contributed by atoms with Gasteiger partial charge in [0, 0.05) is 31.5 Å². The van der Waals surface area contributed by atoms with E-state index in [1.165, 1.54) is 0 Å². The fourth-order valence-corrected chi connectivity index (χ4v) is 2.64. The second kappa shape index (κ2) is 3.07. The van der Waals surface area contributed by atoms with E-state index in [1.807, 2.05) is 20.0 Å². The average Bonchev–Trinajstić information content (AvgIpc) is 2.61. The molecule has 3 rings (SSSR count). The van der Waals surface area contributed by atoms with Gasteiger partial charge in [-0.1, -0.05) is 0 Å². The van der Waals surface area contributed by atoms with Crippen LogP contribution in [0.5, 0.6) is 0 Å². The van der Waals surface area contributed by atoms with E-state index in [-0.39, 0.29) is 17.5 Å². The molecule has 0 unspecified atom stereocenters. The van der Waals surface area contributed by atoms with Gasteiger partial charge in [-0.05, 0) is 13.8 Å². The summed E-state index contributed by atoms with van der Waals surface area (Å²) >= 11 is 0. The molecule has 2 aliphatic heterocycles. The lowest BCUT2D eigenvalue weighted by Gasteiger charge is -2.49. The zero-order valence-corrected chi connectivity index (χ0v) is 9.60. The highest BCUT2D eigenvalue weighted by atomic mass is 16.2. The number of hydrogen-bond acceptors (Lipinski definition) is 3. The molecule has 1 aromatic rings. The zero-order valence-electron chi connectivity index (χ0n) is 9.60. The zero-order chi connectivity index (χ0) is 11.3. The molecule has 0 radical (unpaired) electrons. The Balaban J connectivity index is 2.10. The Morgan fingerprint density at radius 2 is 2.25 bits per heavy atom. The van der Waals surface area contributed by atoms with Crippen molar-refractivity contribution in [2.24, 2.45) is 0 Å². The maximum atomic E-state index is 12.1. The highest BCUT2D eigenvalue weighted by Gasteiger charge is 2.47. The van der Waals surface area contributed by atoms with Crippen LogP contribution in [-0.4, -0.2) is 34.6 Å². The first-order valence-corrected chi connectivity index (χ1v) is 5.71. The van der Waals surface area contributed by atoms with Gasteiger partial charge in [0.15, 0.2) is 0 Å². The lowest BCUT2D eigenvalue weighted by molar-refractivity contribution is -0.123. The first-order valence-electron chi connectivity index (χ1n) is 5.71. The second-order valence-corrected chi connectivity index (χ2v) is 4.96. The predicted octanol–water partition coefficient (Wildman–Crippen LogP) is 0.327. The molecule has 1 N–H and O–H groups in total. The Morgan fingerprint density at radius 1 is 1.50 bits per heavy atom. The number of nitrogens with zero attached hydrogens (tertiary/aromatic N) is 3. The minimum Gasteiger partial charge on any atom is -0.312 e. The number of fused-ring (bicyclic) bond motifs is 2. The van der Waals surface area contributed by atoms with Crippen LogP contribution in [-0.2, 0) is 10.3 Å². The van der Waals surface area contributed by atoms with E-state index < -0.39 is 0 Å². The molecule has 3 heterocycles. The molecule has 0 atom stereocenters. The average molecular weight is 220 g/mol. The summed E-state index contributed by atoms with van der Waals surface area (Å²) < 4.78 is 2.16. The maximum Gasteiger partial charge on any atom is 0.232 e. The summed E-state index contributed by atoms with van der Waals surface area (Å²) in [4.78, 5) is 18.3. The van der Waals surface area contributed by atoms with Gasteiger partial charge in [0.2, 0.25) is 11.9 Å². The van der Waals surface area contributed by atoms with Crippen LogP contribution in [0.4, 0.5) is 5.95 Å². The number of anilines is 1. The number of rotatable bonds is 1. The minimum atomic E-state index is -0.0473. The Morgan fingerprint density at radius 3 is 2.81 bits per heavy atom. The summed E-state index contributed by atoms with van der Waals surface area (Å²) in [6, 6.07) is 0.166. The molecule has 1 aromatic heterocycles. The summed E-state index contributed by atoms with van der Waals surface area (Å²) in [7, 11) is 0. The summed E-state index contributed by atoms with van der Waals surface area (Å²) in [6.45, 7) is 5.78. The number of nitrogens with one attached hydrogen (secondary N) is 1. The highest BCUT2D eigenvalue weighted by molar-refractivity contribution is 5.94. The van der Waals surface area contributed by atoms with Crippen molar-refractivity contribution in [3.63, 3.8) is 0 Å². The standard InChI is InChI=1S/C11H16N4O/c1-8(2)15-9(16)5-11(6-12-7-11)14-4-3-13-10(14)15/h3-4,8,12H,5-7H2,1-2H3. The quantitative estimate of drug-likeness (QED) is 0.742. The number of hydrogen-bond donors (Lipinski definition) is 1. The topological polar surface area (TPSA) is 50.2 Å². The third-order valence-electron chi connectivity index (χ3n) is 3.52. The van der Waals surface area contributed by atoms with E-state index >= 15 is 0 Å². The number of amides is 1. The lowest BCUT2D eigenvalue weighted by Crippen LogP contribution is -2.65. The largest absolute Gasteiger partial charge is 0.312 e. The van der Waals surface area contributed by atoms with Gasteiger partial charge in [-0.3, -0.25) is 9.69 Å². The summed E-state index contributed by atoms with van der Waals surface area (Å²) in [5, 5.41) is 3.25. The maximum absolute atomic E-state index is 12.1. The smallest absolute Gasteiger partial charge is 0.232 e. The monoisotopic (exact) mass is 220 g/mol. The molecule has 0 aliphatic carbocycles. The second-order valence-electron chi connectivity index (χ2n) is 4.96. The Kier molecular flexibility index (Phi) is 1.89. The van der Waals surface area contributed by atoms with E-state index in [0.717, 1.165) is 19.0 Å². The third-order valence-corrected chi connectivity index (χ3v) is 3.52. The Labute approximate surface area is 94.4 Å². The van der Waals surface area contributed by atoms with Gasteiger partial charge >= 0.3 is 0 Å². The molecule has 86 valence electrons. The minimum absolute atomic E-state index is 0.0473. The van der Waals surface area contributed by atoms with Crippen LogP contribution in [0.25, 0.3) is 0 Å². The fraction of sp³-hybridized carbons (Fsp3) is 0.636. The SMILES string of the molecule is CC(C)N1C(=O)CC2(CNC2)n2ccnc21. The van der Waals surface area contributed by atoms with Gasteiger partial charge in [-0.2, -0.15) is 0 Å².